The van der Waals surface area contributed by atoms with Crippen LogP contribution in [-0.2, 0) is 0 Å². The van der Waals surface area contributed by atoms with Crippen molar-refractivity contribution in [3.05, 3.63) is 59.3 Å². The molecule has 0 radical (unpaired) electrons. The van der Waals surface area contributed by atoms with E-state index in [0.29, 0.717) is 11.3 Å². The first-order valence-electron chi connectivity index (χ1n) is 5.35. The molecule has 0 atom stereocenters. The zero-order chi connectivity index (χ0) is 12.5. The summed E-state index contributed by atoms with van der Waals surface area (Å²) in [7, 11) is 0. The Morgan fingerprint density at radius 2 is 2.06 bits per heavy atom. The lowest BCUT2D eigenvalue weighted by atomic mass is 10.1. The van der Waals surface area contributed by atoms with Gasteiger partial charge in [0.1, 0.15) is 5.69 Å². The van der Waals surface area contributed by atoms with Gasteiger partial charge in [-0.05, 0) is 23.7 Å². The van der Waals surface area contributed by atoms with Gasteiger partial charge in [0.25, 0.3) is 0 Å². The average molecular weight is 258 g/mol. The van der Waals surface area contributed by atoms with E-state index in [1.807, 2.05) is 24.3 Å². The number of aromatic amines is 1. The Morgan fingerprint density at radius 1 is 1.22 bits per heavy atom. The minimum atomic E-state index is -0.170. The Balaban J connectivity index is 2.12. The molecule has 0 aliphatic carbocycles. The van der Waals surface area contributed by atoms with Crippen LogP contribution in [0.5, 0.6) is 0 Å². The minimum Gasteiger partial charge on any atom is -0.360 e. The van der Waals surface area contributed by atoms with Gasteiger partial charge in [-0.1, -0.05) is 18.2 Å². The van der Waals surface area contributed by atoms with Gasteiger partial charge >= 0.3 is 0 Å². The van der Waals surface area contributed by atoms with Gasteiger partial charge in [-0.25, -0.2) is 9.97 Å². The zero-order valence-corrected chi connectivity index (χ0v) is 9.98. The van der Waals surface area contributed by atoms with Gasteiger partial charge in [-0.3, -0.25) is 4.79 Å². The average Bonchev–Trinajstić information content (AvgIpc) is 2.82. The fourth-order valence-electron chi connectivity index (χ4n) is 1.86. The van der Waals surface area contributed by atoms with Crippen LogP contribution in [-0.4, -0.2) is 20.7 Å². The molecule has 0 aliphatic rings. The number of nitrogens with zero attached hydrogens (tertiary/aromatic N) is 2. The van der Waals surface area contributed by atoms with Crippen LogP contribution >= 0.6 is 11.6 Å². The Bertz CT molecular complexity index is 736. The highest BCUT2D eigenvalue weighted by atomic mass is 35.5. The topological polar surface area (TPSA) is 58.6 Å². The molecule has 0 spiro atoms. The molecule has 0 amide bonds. The van der Waals surface area contributed by atoms with Gasteiger partial charge in [-0.2, -0.15) is 0 Å². The van der Waals surface area contributed by atoms with Gasteiger partial charge in [0.2, 0.25) is 11.1 Å². The number of hydrogen-bond acceptors (Lipinski definition) is 3. The number of nitrogens with one attached hydrogen (secondary N) is 1. The van der Waals surface area contributed by atoms with Crippen LogP contribution in [0.1, 0.15) is 16.1 Å². The summed E-state index contributed by atoms with van der Waals surface area (Å²) in [6.45, 7) is 0. The molecule has 3 rings (SSSR count). The number of halogens is 1. The van der Waals surface area contributed by atoms with Crippen molar-refractivity contribution in [2.75, 3.05) is 0 Å². The van der Waals surface area contributed by atoms with Crippen molar-refractivity contribution in [2.45, 2.75) is 0 Å². The lowest BCUT2D eigenvalue weighted by Gasteiger charge is -1.98. The fraction of sp³-hybridized carbons (Fsp3) is 0. The quantitative estimate of drug-likeness (QED) is 0.567. The second-order valence-corrected chi connectivity index (χ2v) is 4.13. The highest BCUT2D eigenvalue weighted by molar-refractivity contribution is 6.28. The van der Waals surface area contributed by atoms with Gasteiger partial charge in [0.05, 0.1) is 0 Å². The van der Waals surface area contributed by atoms with Crippen molar-refractivity contribution >= 4 is 28.3 Å². The van der Waals surface area contributed by atoms with Crippen molar-refractivity contribution in [3.8, 4) is 0 Å². The molecule has 4 nitrogen and oxygen atoms in total. The molecule has 18 heavy (non-hydrogen) atoms. The van der Waals surface area contributed by atoms with E-state index in [-0.39, 0.29) is 11.1 Å². The largest absolute Gasteiger partial charge is 0.360 e. The monoisotopic (exact) mass is 257 g/mol. The summed E-state index contributed by atoms with van der Waals surface area (Å²) in [5.74, 6) is -0.170. The second kappa shape index (κ2) is 4.23. The van der Waals surface area contributed by atoms with Crippen LogP contribution < -0.4 is 0 Å². The third-order valence-corrected chi connectivity index (χ3v) is 2.87. The van der Waals surface area contributed by atoms with Crippen molar-refractivity contribution in [1.82, 2.24) is 15.0 Å². The Labute approximate surface area is 108 Å². The molecule has 2 heterocycles. The van der Waals surface area contributed by atoms with E-state index in [4.69, 9.17) is 11.6 Å². The van der Waals surface area contributed by atoms with E-state index < -0.39 is 0 Å². The normalized spacial score (nSPS) is 10.7. The van der Waals surface area contributed by atoms with Crippen LogP contribution in [0.2, 0.25) is 5.28 Å². The van der Waals surface area contributed by atoms with Crippen molar-refractivity contribution in [3.63, 3.8) is 0 Å². The summed E-state index contributed by atoms with van der Waals surface area (Å²) in [4.78, 5) is 23.0. The molecule has 0 fully saturated rings. The van der Waals surface area contributed by atoms with Gasteiger partial charge in [0, 0.05) is 28.9 Å². The lowest BCUT2D eigenvalue weighted by molar-refractivity contribution is 0.103. The van der Waals surface area contributed by atoms with Crippen LogP contribution in [0, 0.1) is 0 Å². The summed E-state index contributed by atoms with van der Waals surface area (Å²) in [5, 5.41) is 0.943. The van der Waals surface area contributed by atoms with Crippen LogP contribution in [0.15, 0.2) is 42.7 Å². The molecule has 88 valence electrons. The number of carbonyl (C=O) groups is 1. The van der Waals surface area contributed by atoms with Crippen molar-refractivity contribution < 1.29 is 4.79 Å². The van der Waals surface area contributed by atoms with E-state index in [1.165, 1.54) is 6.20 Å². The van der Waals surface area contributed by atoms with Crippen molar-refractivity contribution in [1.29, 1.82) is 0 Å². The first-order valence-corrected chi connectivity index (χ1v) is 5.73. The van der Waals surface area contributed by atoms with E-state index in [0.717, 1.165) is 10.9 Å². The molecule has 0 bridgehead atoms. The Hall–Kier alpha value is -2.20. The van der Waals surface area contributed by atoms with E-state index in [1.54, 1.807) is 12.3 Å². The Morgan fingerprint density at radius 3 is 2.89 bits per heavy atom. The number of benzene rings is 1. The molecule has 2 aromatic heterocycles. The summed E-state index contributed by atoms with van der Waals surface area (Å²) >= 11 is 5.69. The predicted octanol–water partition coefficient (Wildman–Crippen LogP) is 2.84. The smallest absolute Gasteiger partial charge is 0.222 e. The van der Waals surface area contributed by atoms with Gasteiger partial charge in [0.15, 0.2) is 0 Å². The van der Waals surface area contributed by atoms with Crippen LogP contribution in [0.4, 0.5) is 0 Å². The van der Waals surface area contributed by atoms with E-state index in [2.05, 4.69) is 15.0 Å². The SMILES string of the molecule is O=C(c1ccnc(Cl)n1)c1c[nH]c2ccccc12. The van der Waals surface area contributed by atoms with Gasteiger partial charge < -0.3 is 4.98 Å². The first-order chi connectivity index (χ1) is 8.75. The zero-order valence-electron chi connectivity index (χ0n) is 9.22. The highest BCUT2D eigenvalue weighted by Gasteiger charge is 2.15. The first kappa shape index (κ1) is 10.9. The number of ketones is 1. The number of para-hydroxylation sites is 1. The molecular formula is C13H8ClN3O. The number of hydrogen-bond donors (Lipinski definition) is 1. The number of aromatic nitrogens is 3. The molecule has 0 saturated heterocycles. The third kappa shape index (κ3) is 1.76. The number of rotatable bonds is 2. The standard InChI is InChI=1S/C13H8ClN3O/c14-13-15-6-5-11(17-13)12(18)9-7-16-10-4-2-1-3-8(9)10/h1-7,16H. The minimum absolute atomic E-state index is 0.0701. The molecule has 3 aromatic rings. The second-order valence-electron chi connectivity index (χ2n) is 3.79. The number of carbonyl (C=O) groups excluding carboxylic acids is 1. The Kier molecular flexibility index (Phi) is 2.57. The fourth-order valence-corrected chi connectivity index (χ4v) is 2.01. The number of H-pyrrole nitrogens is 1. The molecule has 0 saturated carbocycles. The summed E-state index contributed by atoms with van der Waals surface area (Å²) in [5.41, 5.74) is 1.79. The van der Waals surface area contributed by atoms with Crippen molar-refractivity contribution in [2.24, 2.45) is 0 Å². The maximum absolute atomic E-state index is 12.3. The van der Waals surface area contributed by atoms with E-state index in [9.17, 15) is 4.79 Å². The molecule has 0 aliphatic heterocycles. The maximum atomic E-state index is 12.3. The molecular weight excluding hydrogens is 250 g/mol. The lowest BCUT2D eigenvalue weighted by Crippen LogP contribution is -2.03. The molecule has 1 N–H and O–H groups in total. The van der Waals surface area contributed by atoms with Gasteiger partial charge in [-0.15, -0.1) is 0 Å². The molecule has 1 aromatic carbocycles. The maximum Gasteiger partial charge on any atom is 0.222 e. The predicted molar refractivity (Wildman–Crippen MR) is 68.8 cm³/mol. The summed E-state index contributed by atoms with van der Waals surface area (Å²) in [6.07, 6.45) is 3.15. The van der Waals surface area contributed by atoms with E-state index >= 15 is 0 Å². The van der Waals surface area contributed by atoms with Crippen LogP contribution in [0.3, 0.4) is 0 Å². The molecule has 5 heteroatoms. The summed E-state index contributed by atoms with van der Waals surface area (Å²) < 4.78 is 0. The molecule has 0 unspecified atom stereocenters. The third-order valence-electron chi connectivity index (χ3n) is 2.69. The van der Waals surface area contributed by atoms with Crippen LogP contribution in [0.25, 0.3) is 10.9 Å². The highest BCUT2D eigenvalue weighted by Crippen LogP contribution is 2.20. The summed E-state index contributed by atoms with van der Waals surface area (Å²) in [6, 6.07) is 9.16. The number of fused-ring (bicyclic) bond motifs is 1.